The maximum Gasteiger partial charge on any atom is 0.341 e. The van der Waals surface area contributed by atoms with Gasteiger partial charge in [-0.1, -0.05) is 0 Å². The quantitative estimate of drug-likeness (QED) is 0.846. The number of hydrogen-bond acceptors (Lipinski definition) is 5. The monoisotopic (exact) mass is 288 g/mol. The third-order valence-electron chi connectivity index (χ3n) is 3.20. The SMILES string of the molecule is CCOC(=O)c1cc(-c2ccc3c(c2)OCCO3)[nH]c1N. The van der Waals surface area contributed by atoms with Gasteiger partial charge in [-0.05, 0) is 31.2 Å². The Balaban J connectivity index is 1.94. The fraction of sp³-hybridized carbons (Fsp3) is 0.267. The van der Waals surface area contributed by atoms with Crippen LogP contribution in [-0.4, -0.2) is 30.8 Å². The Labute approximate surface area is 121 Å². The maximum absolute atomic E-state index is 11.8. The number of aromatic amines is 1. The molecule has 0 atom stereocenters. The topological polar surface area (TPSA) is 86.6 Å². The number of anilines is 1. The van der Waals surface area contributed by atoms with E-state index in [0.29, 0.717) is 37.0 Å². The number of hydrogen-bond donors (Lipinski definition) is 2. The van der Waals surface area contributed by atoms with E-state index < -0.39 is 5.97 Å². The van der Waals surface area contributed by atoms with Crippen molar-refractivity contribution < 1.29 is 19.0 Å². The molecule has 0 amide bonds. The number of nitrogens with two attached hydrogens (primary N) is 1. The van der Waals surface area contributed by atoms with Crippen LogP contribution in [0.3, 0.4) is 0 Å². The van der Waals surface area contributed by atoms with Crippen molar-refractivity contribution in [3.8, 4) is 22.8 Å². The first kappa shape index (κ1) is 13.4. The number of H-pyrrole nitrogens is 1. The minimum atomic E-state index is -0.435. The molecule has 1 aromatic heterocycles. The number of ether oxygens (including phenoxy) is 3. The summed E-state index contributed by atoms with van der Waals surface area (Å²) in [6.07, 6.45) is 0. The Morgan fingerprint density at radius 1 is 1.29 bits per heavy atom. The van der Waals surface area contributed by atoms with Gasteiger partial charge in [-0.3, -0.25) is 0 Å². The van der Waals surface area contributed by atoms with Crippen LogP contribution in [0.15, 0.2) is 24.3 Å². The average molecular weight is 288 g/mol. The first-order valence-corrected chi connectivity index (χ1v) is 6.74. The molecule has 3 N–H and O–H groups in total. The van der Waals surface area contributed by atoms with Crippen LogP contribution in [0.1, 0.15) is 17.3 Å². The van der Waals surface area contributed by atoms with Crippen LogP contribution in [0.5, 0.6) is 11.5 Å². The molecule has 0 radical (unpaired) electrons. The standard InChI is InChI=1S/C15H16N2O4/c1-2-19-15(18)10-8-11(17-14(10)16)9-3-4-12-13(7-9)21-6-5-20-12/h3-4,7-8,17H,2,5-6,16H2,1H3. The third-order valence-corrected chi connectivity index (χ3v) is 3.20. The Morgan fingerprint density at radius 3 is 2.81 bits per heavy atom. The first-order valence-electron chi connectivity index (χ1n) is 6.74. The fourth-order valence-electron chi connectivity index (χ4n) is 2.21. The lowest BCUT2D eigenvalue weighted by Gasteiger charge is -2.18. The van der Waals surface area contributed by atoms with E-state index in [1.165, 1.54) is 0 Å². The van der Waals surface area contributed by atoms with Crippen LogP contribution in [0, 0.1) is 0 Å². The van der Waals surface area contributed by atoms with Crippen LogP contribution in [-0.2, 0) is 4.74 Å². The minimum absolute atomic E-state index is 0.290. The predicted octanol–water partition coefficient (Wildman–Crippen LogP) is 2.21. The smallest absolute Gasteiger partial charge is 0.341 e. The molecule has 6 nitrogen and oxygen atoms in total. The largest absolute Gasteiger partial charge is 0.486 e. The predicted molar refractivity (Wildman–Crippen MR) is 77.6 cm³/mol. The molecule has 0 fully saturated rings. The van der Waals surface area contributed by atoms with Gasteiger partial charge >= 0.3 is 5.97 Å². The van der Waals surface area contributed by atoms with Crippen molar-refractivity contribution in [1.29, 1.82) is 0 Å². The van der Waals surface area contributed by atoms with Gasteiger partial charge in [0.1, 0.15) is 24.6 Å². The molecule has 2 aromatic rings. The summed E-state index contributed by atoms with van der Waals surface area (Å²) in [6, 6.07) is 7.26. The number of carbonyl (C=O) groups excluding carboxylic acids is 1. The molecule has 3 rings (SSSR count). The highest BCUT2D eigenvalue weighted by molar-refractivity contribution is 5.96. The second kappa shape index (κ2) is 5.40. The average Bonchev–Trinajstić information content (AvgIpc) is 2.89. The second-order valence-corrected chi connectivity index (χ2v) is 4.59. The van der Waals surface area contributed by atoms with Gasteiger partial charge in [-0.2, -0.15) is 0 Å². The van der Waals surface area contributed by atoms with Crippen molar-refractivity contribution >= 4 is 11.8 Å². The van der Waals surface area contributed by atoms with E-state index in [4.69, 9.17) is 19.9 Å². The van der Waals surface area contributed by atoms with Crippen molar-refractivity contribution in [1.82, 2.24) is 4.98 Å². The summed E-state index contributed by atoms with van der Waals surface area (Å²) >= 11 is 0. The number of carbonyl (C=O) groups is 1. The molecular formula is C15H16N2O4. The van der Waals surface area contributed by atoms with Gasteiger partial charge in [0, 0.05) is 11.3 Å². The molecule has 1 aromatic carbocycles. The Kier molecular flexibility index (Phi) is 3.43. The highest BCUT2D eigenvalue weighted by Crippen LogP contribution is 2.35. The van der Waals surface area contributed by atoms with Crippen LogP contribution in [0.25, 0.3) is 11.3 Å². The lowest BCUT2D eigenvalue weighted by molar-refractivity contribution is 0.0528. The Bertz CT molecular complexity index is 678. The van der Waals surface area contributed by atoms with Gasteiger partial charge < -0.3 is 24.9 Å². The molecule has 0 bridgehead atoms. The number of nitrogen functional groups attached to an aromatic ring is 1. The zero-order valence-corrected chi connectivity index (χ0v) is 11.6. The lowest BCUT2D eigenvalue weighted by atomic mass is 10.1. The van der Waals surface area contributed by atoms with Gasteiger partial charge in [0.25, 0.3) is 0 Å². The van der Waals surface area contributed by atoms with Gasteiger partial charge in [-0.25, -0.2) is 4.79 Å². The molecular weight excluding hydrogens is 272 g/mol. The van der Waals surface area contributed by atoms with Gasteiger partial charge in [0.05, 0.1) is 6.61 Å². The highest BCUT2D eigenvalue weighted by atomic mass is 16.6. The van der Waals surface area contributed by atoms with Crippen LogP contribution in [0.2, 0.25) is 0 Å². The zero-order chi connectivity index (χ0) is 14.8. The number of aromatic nitrogens is 1. The summed E-state index contributed by atoms with van der Waals surface area (Å²) in [6.45, 7) is 3.14. The number of esters is 1. The van der Waals surface area contributed by atoms with Crippen LogP contribution < -0.4 is 15.2 Å². The van der Waals surface area contributed by atoms with E-state index in [2.05, 4.69) is 4.98 Å². The van der Waals surface area contributed by atoms with Crippen molar-refractivity contribution in [2.75, 3.05) is 25.6 Å². The molecule has 1 aliphatic rings. The van der Waals surface area contributed by atoms with Crippen LogP contribution in [0.4, 0.5) is 5.82 Å². The summed E-state index contributed by atoms with van der Waals surface area (Å²) in [4.78, 5) is 14.8. The van der Waals surface area contributed by atoms with Gasteiger partial charge in [0.15, 0.2) is 11.5 Å². The number of nitrogens with one attached hydrogen (secondary N) is 1. The molecule has 0 saturated heterocycles. The third kappa shape index (κ3) is 2.52. The molecule has 0 unspecified atom stereocenters. The summed E-state index contributed by atoms with van der Waals surface area (Å²) in [7, 11) is 0. The summed E-state index contributed by atoms with van der Waals surface area (Å²) in [5.74, 6) is 1.26. The fourth-order valence-corrected chi connectivity index (χ4v) is 2.21. The number of benzene rings is 1. The van der Waals surface area contributed by atoms with E-state index in [-0.39, 0.29) is 0 Å². The lowest BCUT2D eigenvalue weighted by Crippen LogP contribution is -2.15. The maximum atomic E-state index is 11.8. The van der Waals surface area contributed by atoms with Gasteiger partial charge in [-0.15, -0.1) is 0 Å². The van der Waals surface area contributed by atoms with E-state index in [9.17, 15) is 4.79 Å². The summed E-state index contributed by atoms with van der Waals surface area (Å²) in [5, 5.41) is 0. The van der Waals surface area contributed by atoms with E-state index in [0.717, 1.165) is 17.0 Å². The number of rotatable bonds is 3. The van der Waals surface area contributed by atoms with Crippen molar-refractivity contribution in [2.45, 2.75) is 6.92 Å². The zero-order valence-electron chi connectivity index (χ0n) is 11.6. The van der Waals surface area contributed by atoms with Crippen molar-refractivity contribution in [3.05, 3.63) is 29.8 Å². The molecule has 0 spiro atoms. The molecule has 0 saturated carbocycles. The summed E-state index contributed by atoms with van der Waals surface area (Å²) < 4.78 is 16.0. The number of fused-ring (bicyclic) bond motifs is 1. The first-order chi connectivity index (χ1) is 10.2. The Morgan fingerprint density at radius 2 is 2.05 bits per heavy atom. The van der Waals surface area contributed by atoms with E-state index in [1.54, 1.807) is 13.0 Å². The van der Waals surface area contributed by atoms with Crippen LogP contribution >= 0.6 is 0 Å². The molecule has 110 valence electrons. The van der Waals surface area contributed by atoms with Gasteiger partial charge in [0.2, 0.25) is 0 Å². The molecule has 21 heavy (non-hydrogen) atoms. The highest BCUT2D eigenvalue weighted by Gasteiger charge is 2.17. The normalized spacial score (nSPS) is 13.0. The Hall–Kier alpha value is -2.63. The van der Waals surface area contributed by atoms with Crippen molar-refractivity contribution in [3.63, 3.8) is 0 Å². The van der Waals surface area contributed by atoms with Crippen molar-refractivity contribution in [2.24, 2.45) is 0 Å². The molecule has 2 heterocycles. The second-order valence-electron chi connectivity index (χ2n) is 4.59. The molecule has 0 aliphatic carbocycles. The van der Waals surface area contributed by atoms with E-state index >= 15 is 0 Å². The molecule has 6 heteroatoms. The summed E-state index contributed by atoms with van der Waals surface area (Å²) in [5.41, 5.74) is 7.76. The van der Waals surface area contributed by atoms with E-state index in [1.807, 2.05) is 18.2 Å². The molecule has 1 aliphatic heterocycles. The minimum Gasteiger partial charge on any atom is -0.486 e.